The number of nitrogens with zero attached hydrogens (tertiary/aromatic N) is 2. The number of nitro groups is 1. The summed E-state index contributed by atoms with van der Waals surface area (Å²) in [7, 11) is 1.77. The van der Waals surface area contributed by atoms with E-state index in [0.717, 1.165) is 31.9 Å². The second kappa shape index (κ2) is 5.97. The molecule has 1 heterocycles. The molecule has 0 N–H and O–H groups in total. The molecular formula is C13H17FN2O3. The fraction of sp³-hybridized carbons (Fsp3) is 0.538. The maximum absolute atomic E-state index is 13.8. The molecule has 1 aromatic rings. The molecule has 1 aliphatic rings. The summed E-state index contributed by atoms with van der Waals surface area (Å²) in [5, 5.41) is 10.6. The number of hydrogen-bond donors (Lipinski definition) is 0. The highest BCUT2D eigenvalue weighted by atomic mass is 19.1. The van der Waals surface area contributed by atoms with E-state index in [1.807, 2.05) is 0 Å². The zero-order chi connectivity index (χ0) is 13.8. The van der Waals surface area contributed by atoms with Crippen LogP contribution in [0.1, 0.15) is 19.3 Å². The number of anilines is 1. The summed E-state index contributed by atoms with van der Waals surface area (Å²) in [5.74, 6) is -0.576. The highest BCUT2D eigenvalue weighted by Gasteiger charge is 2.19. The molecule has 0 radical (unpaired) electrons. The van der Waals surface area contributed by atoms with Crippen LogP contribution in [0.5, 0.6) is 0 Å². The molecule has 2 rings (SSSR count). The predicted molar refractivity (Wildman–Crippen MR) is 69.9 cm³/mol. The highest BCUT2D eigenvalue weighted by Crippen LogP contribution is 2.24. The van der Waals surface area contributed by atoms with Crippen LogP contribution >= 0.6 is 0 Å². The van der Waals surface area contributed by atoms with Crippen molar-refractivity contribution in [2.45, 2.75) is 25.4 Å². The number of hydrogen-bond acceptors (Lipinski definition) is 4. The third-order valence-electron chi connectivity index (χ3n) is 3.30. The van der Waals surface area contributed by atoms with Crippen molar-refractivity contribution in [2.75, 3.05) is 25.1 Å². The van der Waals surface area contributed by atoms with Gasteiger partial charge in [-0.15, -0.1) is 0 Å². The monoisotopic (exact) mass is 268 g/mol. The first-order valence-corrected chi connectivity index (χ1v) is 6.34. The van der Waals surface area contributed by atoms with Crippen molar-refractivity contribution in [2.24, 2.45) is 0 Å². The Morgan fingerprint density at radius 1 is 1.53 bits per heavy atom. The van der Waals surface area contributed by atoms with Gasteiger partial charge in [-0.3, -0.25) is 10.1 Å². The molecule has 0 amide bonds. The van der Waals surface area contributed by atoms with Crippen LogP contribution in [0, 0.1) is 15.9 Å². The molecule has 0 bridgehead atoms. The van der Waals surface area contributed by atoms with Gasteiger partial charge in [-0.25, -0.2) is 4.39 Å². The lowest BCUT2D eigenvalue weighted by Crippen LogP contribution is -2.33. The lowest BCUT2D eigenvalue weighted by molar-refractivity contribution is -0.385. The Balaban J connectivity index is 2.05. The summed E-state index contributed by atoms with van der Waals surface area (Å²) in [6.45, 7) is 1.34. The van der Waals surface area contributed by atoms with Crippen LogP contribution in [-0.4, -0.2) is 31.2 Å². The minimum absolute atomic E-state index is 0.105. The zero-order valence-corrected chi connectivity index (χ0v) is 10.8. The number of likely N-dealkylation sites (N-methyl/N-ethyl adjacent to an activating group) is 1. The van der Waals surface area contributed by atoms with Crippen LogP contribution in [0.25, 0.3) is 0 Å². The van der Waals surface area contributed by atoms with Crippen molar-refractivity contribution >= 4 is 11.4 Å². The van der Waals surface area contributed by atoms with Gasteiger partial charge in [0.05, 0.1) is 22.8 Å². The van der Waals surface area contributed by atoms with Gasteiger partial charge in [-0.1, -0.05) is 0 Å². The van der Waals surface area contributed by atoms with Crippen LogP contribution in [0.3, 0.4) is 0 Å². The summed E-state index contributed by atoms with van der Waals surface area (Å²) in [5.41, 5.74) is 0.128. The Hall–Kier alpha value is -1.69. The van der Waals surface area contributed by atoms with Crippen LogP contribution < -0.4 is 4.90 Å². The van der Waals surface area contributed by atoms with Gasteiger partial charge >= 0.3 is 0 Å². The SMILES string of the molecule is CN(CC1CCCCO1)c1ccc([N+](=O)[O-])cc1F. The fourth-order valence-corrected chi connectivity index (χ4v) is 2.27. The van der Waals surface area contributed by atoms with E-state index in [1.54, 1.807) is 11.9 Å². The summed E-state index contributed by atoms with van der Waals surface area (Å²) in [6.07, 6.45) is 3.28. The first-order valence-electron chi connectivity index (χ1n) is 6.34. The summed E-state index contributed by atoms with van der Waals surface area (Å²) in [4.78, 5) is 11.7. The van der Waals surface area contributed by atoms with Crippen molar-refractivity contribution in [1.82, 2.24) is 0 Å². The topological polar surface area (TPSA) is 55.6 Å². The Labute approximate surface area is 111 Å². The Bertz CT molecular complexity index is 461. The summed E-state index contributed by atoms with van der Waals surface area (Å²) < 4.78 is 19.4. The molecule has 0 aromatic heterocycles. The van der Waals surface area contributed by atoms with E-state index in [4.69, 9.17) is 4.74 Å². The minimum atomic E-state index is -0.600. The molecule has 6 heteroatoms. The number of halogens is 1. The van der Waals surface area contributed by atoms with E-state index < -0.39 is 10.7 Å². The predicted octanol–water partition coefficient (Wildman–Crippen LogP) is 2.74. The standard InChI is InChI=1S/C13H17FN2O3/c1-15(9-11-4-2-3-7-19-11)13-6-5-10(16(17)18)8-12(13)14/h5-6,8,11H,2-4,7,9H2,1H3. The van der Waals surface area contributed by atoms with Gasteiger partial charge < -0.3 is 9.64 Å². The van der Waals surface area contributed by atoms with E-state index in [-0.39, 0.29) is 11.8 Å². The van der Waals surface area contributed by atoms with Gasteiger partial charge in [0.1, 0.15) is 0 Å². The fourth-order valence-electron chi connectivity index (χ4n) is 2.27. The average Bonchev–Trinajstić information content (AvgIpc) is 2.39. The van der Waals surface area contributed by atoms with Crippen LogP contribution in [0.15, 0.2) is 18.2 Å². The van der Waals surface area contributed by atoms with Crippen LogP contribution in [-0.2, 0) is 4.74 Å². The molecule has 1 saturated heterocycles. The van der Waals surface area contributed by atoms with Gasteiger partial charge in [0.15, 0.2) is 5.82 Å². The summed E-state index contributed by atoms with van der Waals surface area (Å²) in [6, 6.07) is 3.71. The normalized spacial score (nSPS) is 19.2. The van der Waals surface area contributed by atoms with E-state index >= 15 is 0 Å². The second-order valence-electron chi connectivity index (χ2n) is 4.76. The van der Waals surface area contributed by atoms with Gasteiger partial charge in [-0.2, -0.15) is 0 Å². The van der Waals surface area contributed by atoms with E-state index in [0.29, 0.717) is 12.2 Å². The zero-order valence-electron chi connectivity index (χ0n) is 10.8. The second-order valence-corrected chi connectivity index (χ2v) is 4.76. The molecule has 1 atom stereocenters. The van der Waals surface area contributed by atoms with Gasteiger partial charge in [0, 0.05) is 26.3 Å². The van der Waals surface area contributed by atoms with E-state index in [1.165, 1.54) is 12.1 Å². The number of nitro benzene ring substituents is 1. The highest BCUT2D eigenvalue weighted by molar-refractivity contribution is 5.51. The molecule has 1 aliphatic heterocycles. The average molecular weight is 268 g/mol. The molecule has 1 aromatic carbocycles. The molecule has 1 unspecified atom stereocenters. The molecule has 0 aliphatic carbocycles. The van der Waals surface area contributed by atoms with Crippen molar-refractivity contribution in [1.29, 1.82) is 0 Å². The van der Waals surface area contributed by atoms with Crippen molar-refractivity contribution in [3.8, 4) is 0 Å². The smallest absolute Gasteiger partial charge is 0.272 e. The Morgan fingerprint density at radius 2 is 2.32 bits per heavy atom. The molecule has 1 fully saturated rings. The van der Waals surface area contributed by atoms with Crippen molar-refractivity contribution in [3.05, 3.63) is 34.1 Å². The number of benzene rings is 1. The van der Waals surface area contributed by atoms with Crippen LogP contribution in [0.2, 0.25) is 0 Å². The van der Waals surface area contributed by atoms with E-state index in [9.17, 15) is 14.5 Å². The molecule has 5 nitrogen and oxygen atoms in total. The Kier molecular flexibility index (Phi) is 4.31. The maximum Gasteiger partial charge on any atom is 0.272 e. The lowest BCUT2D eigenvalue weighted by atomic mass is 10.1. The first-order chi connectivity index (χ1) is 9.08. The largest absolute Gasteiger partial charge is 0.376 e. The lowest BCUT2D eigenvalue weighted by Gasteiger charge is -2.28. The maximum atomic E-state index is 13.8. The van der Waals surface area contributed by atoms with Crippen molar-refractivity contribution < 1.29 is 14.1 Å². The molecule has 104 valence electrons. The van der Waals surface area contributed by atoms with Gasteiger partial charge in [0.25, 0.3) is 5.69 Å². The minimum Gasteiger partial charge on any atom is -0.376 e. The van der Waals surface area contributed by atoms with Crippen LogP contribution in [0.4, 0.5) is 15.8 Å². The number of non-ortho nitro benzene ring substituents is 1. The summed E-state index contributed by atoms with van der Waals surface area (Å²) >= 11 is 0. The first kappa shape index (κ1) is 13.7. The number of rotatable bonds is 4. The van der Waals surface area contributed by atoms with E-state index in [2.05, 4.69) is 0 Å². The van der Waals surface area contributed by atoms with Gasteiger partial charge in [-0.05, 0) is 25.3 Å². The third kappa shape index (κ3) is 3.41. The molecule has 19 heavy (non-hydrogen) atoms. The quantitative estimate of drug-likeness (QED) is 0.622. The molecule has 0 saturated carbocycles. The van der Waals surface area contributed by atoms with Crippen molar-refractivity contribution in [3.63, 3.8) is 0 Å². The molecule has 0 spiro atoms. The third-order valence-corrected chi connectivity index (χ3v) is 3.30. The Morgan fingerprint density at radius 3 is 2.89 bits per heavy atom. The molecular weight excluding hydrogens is 251 g/mol. The number of ether oxygens (including phenoxy) is 1. The van der Waals surface area contributed by atoms with Gasteiger partial charge in [0.2, 0.25) is 0 Å².